The molecular formula is C14H11BrF3NO3S. The van der Waals surface area contributed by atoms with Gasteiger partial charge in [0.15, 0.2) is 0 Å². The van der Waals surface area contributed by atoms with Crippen molar-refractivity contribution in [2.24, 2.45) is 0 Å². The number of benzene rings is 2. The first kappa shape index (κ1) is 17.6. The van der Waals surface area contributed by atoms with E-state index in [-0.39, 0.29) is 10.6 Å². The van der Waals surface area contributed by atoms with Gasteiger partial charge in [0.25, 0.3) is 10.0 Å². The third kappa shape index (κ3) is 5.14. The van der Waals surface area contributed by atoms with Crippen molar-refractivity contribution in [3.8, 4) is 5.75 Å². The van der Waals surface area contributed by atoms with Gasteiger partial charge in [-0.15, -0.1) is 13.2 Å². The van der Waals surface area contributed by atoms with Gasteiger partial charge >= 0.3 is 6.36 Å². The highest BCUT2D eigenvalue weighted by molar-refractivity contribution is 9.08. The van der Waals surface area contributed by atoms with Crippen LogP contribution in [-0.4, -0.2) is 14.8 Å². The Morgan fingerprint density at radius 3 is 2.04 bits per heavy atom. The summed E-state index contributed by atoms with van der Waals surface area (Å²) in [5, 5.41) is 0.599. The zero-order chi connectivity index (χ0) is 17.1. The van der Waals surface area contributed by atoms with Crippen LogP contribution in [0.5, 0.6) is 5.75 Å². The Morgan fingerprint density at radius 1 is 1.00 bits per heavy atom. The minimum absolute atomic E-state index is 0.0535. The van der Waals surface area contributed by atoms with E-state index in [4.69, 9.17) is 0 Å². The number of alkyl halides is 4. The predicted octanol–water partition coefficient (Wildman–Crippen LogP) is 4.28. The SMILES string of the molecule is O=S(=O)(Nc1ccc(OC(F)(F)F)cc1)c1ccc(CBr)cc1. The second kappa shape index (κ2) is 6.79. The summed E-state index contributed by atoms with van der Waals surface area (Å²) < 4.78 is 66.5. The molecule has 2 aromatic rings. The van der Waals surface area contributed by atoms with Crippen LogP contribution in [0, 0.1) is 0 Å². The molecule has 4 nitrogen and oxygen atoms in total. The van der Waals surface area contributed by atoms with E-state index in [0.29, 0.717) is 5.33 Å². The van der Waals surface area contributed by atoms with Crippen molar-refractivity contribution in [3.63, 3.8) is 0 Å². The molecular weight excluding hydrogens is 399 g/mol. The van der Waals surface area contributed by atoms with Gasteiger partial charge in [-0.2, -0.15) is 0 Å². The third-order valence-electron chi connectivity index (χ3n) is 2.73. The molecule has 0 saturated carbocycles. The number of anilines is 1. The van der Waals surface area contributed by atoms with Gasteiger partial charge in [-0.1, -0.05) is 28.1 Å². The highest BCUT2D eigenvalue weighted by Crippen LogP contribution is 2.25. The van der Waals surface area contributed by atoms with Crippen LogP contribution in [0.2, 0.25) is 0 Å². The van der Waals surface area contributed by atoms with Gasteiger partial charge in [-0.05, 0) is 42.0 Å². The van der Waals surface area contributed by atoms with Gasteiger partial charge in [-0.25, -0.2) is 8.42 Å². The molecule has 0 aliphatic carbocycles. The minimum Gasteiger partial charge on any atom is -0.406 e. The van der Waals surface area contributed by atoms with Crippen molar-refractivity contribution < 1.29 is 26.3 Å². The Kier molecular flexibility index (Phi) is 5.20. The Labute approximate surface area is 139 Å². The molecule has 2 rings (SSSR count). The van der Waals surface area contributed by atoms with Crippen molar-refractivity contribution in [1.29, 1.82) is 0 Å². The molecule has 2 aromatic carbocycles. The fraction of sp³-hybridized carbons (Fsp3) is 0.143. The number of hydrogen-bond donors (Lipinski definition) is 1. The molecule has 0 aliphatic heterocycles. The van der Waals surface area contributed by atoms with Crippen molar-refractivity contribution >= 4 is 31.6 Å². The maximum atomic E-state index is 12.2. The Bertz CT molecular complexity index is 759. The minimum atomic E-state index is -4.79. The summed E-state index contributed by atoms with van der Waals surface area (Å²) >= 11 is 3.26. The van der Waals surface area contributed by atoms with Gasteiger partial charge in [0, 0.05) is 11.0 Å². The molecule has 0 aliphatic rings. The lowest BCUT2D eigenvalue weighted by molar-refractivity contribution is -0.274. The number of sulfonamides is 1. The molecule has 1 N–H and O–H groups in total. The van der Waals surface area contributed by atoms with Crippen molar-refractivity contribution in [3.05, 3.63) is 54.1 Å². The molecule has 0 atom stereocenters. The lowest BCUT2D eigenvalue weighted by Gasteiger charge is -2.11. The molecule has 0 bridgehead atoms. The van der Waals surface area contributed by atoms with Crippen molar-refractivity contribution in [2.75, 3.05) is 4.72 Å². The summed E-state index contributed by atoms with van der Waals surface area (Å²) in [5.41, 5.74) is 1.04. The van der Waals surface area contributed by atoms with Crippen LogP contribution in [0.15, 0.2) is 53.4 Å². The van der Waals surface area contributed by atoms with Crippen molar-refractivity contribution in [2.45, 2.75) is 16.6 Å². The monoisotopic (exact) mass is 409 g/mol. The van der Waals surface area contributed by atoms with Crippen LogP contribution >= 0.6 is 15.9 Å². The van der Waals surface area contributed by atoms with Crippen LogP contribution in [0.25, 0.3) is 0 Å². The molecule has 23 heavy (non-hydrogen) atoms. The Balaban J connectivity index is 2.13. The average molecular weight is 410 g/mol. The summed E-state index contributed by atoms with van der Waals surface area (Å²) in [6, 6.07) is 10.6. The average Bonchev–Trinajstić information content (AvgIpc) is 2.48. The first-order valence-electron chi connectivity index (χ1n) is 6.23. The van der Waals surface area contributed by atoms with E-state index in [1.165, 1.54) is 24.3 Å². The standard InChI is InChI=1S/C14H11BrF3NO3S/c15-9-10-1-7-13(8-2-10)23(20,21)19-11-3-5-12(6-4-11)22-14(16,17)18/h1-8,19H,9H2. The number of rotatable bonds is 5. The summed E-state index contributed by atoms with van der Waals surface area (Å²) in [4.78, 5) is 0.0535. The zero-order valence-corrected chi connectivity index (χ0v) is 13.9. The maximum absolute atomic E-state index is 12.2. The number of ether oxygens (including phenoxy) is 1. The molecule has 0 radical (unpaired) electrons. The largest absolute Gasteiger partial charge is 0.573 e. The zero-order valence-electron chi connectivity index (χ0n) is 11.5. The molecule has 0 spiro atoms. The van der Waals surface area contributed by atoms with Gasteiger partial charge in [0.1, 0.15) is 5.75 Å². The third-order valence-corrected chi connectivity index (χ3v) is 4.77. The molecule has 0 fully saturated rings. The second-order valence-corrected chi connectivity index (χ2v) is 6.70. The normalized spacial score (nSPS) is 12.0. The van der Waals surface area contributed by atoms with E-state index in [2.05, 4.69) is 25.4 Å². The Hall–Kier alpha value is -1.74. The first-order chi connectivity index (χ1) is 10.7. The summed E-state index contributed by atoms with van der Waals surface area (Å²) in [7, 11) is -3.81. The van der Waals surface area contributed by atoms with Gasteiger partial charge < -0.3 is 4.74 Å². The molecule has 0 heterocycles. The summed E-state index contributed by atoms with van der Waals surface area (Å²) in [5.74, 6) is -0.429. The second-order valence-electron chi connectivity index (χ2n) is 4.46. The Morgan fingerprint density at radius 2 is 1.57 bits per heavy atom. The molecule has 0 saturated heterocycles. The lowest BCUT2D eigenvalue weighted by atomic mass is 10.2. The maximum Gasteiger partial charge on any atom is 0.573 e. The summed E-state index contributed by atoms with van der Waals surface area (Å²) in [6.45, 7) is 0. The quantitative estimate of drug-likeness (QED) is 0.749. The fourth-order valence-electron chi connectivity index (χ4n) is 1.70. The molecule has 0 amide bonds. The van der Waals surface area contributed by atoms with Crippen LogP contribution in [0.1, 0.15) is 5.56 Å². The molecule has 0 unspecified atom stereocenters. The van der Waals surface area contributed by atoms with Crippen LogP contribution in [0.4, 0.5) is 18.9 Å². The first-order valence-corrected chi connectivity index (χ1v) is 8.83. The molecule has 9 heteroatoms. The van der Waals surface area contributed by atoms with Crippen LogP contribution in [-0.2, 0) is 15.4 Å². The fourth-order valence-corrected chi connectivity index (χ4v) is 3.13. The number of nitrogens with one attached hydrogen (secondary N) is 1. The highest BCUT2D eigenvalue weighted by Gasteiger charge is 2.31. The number of halogens is 4. The van der Waals surface area contributed by atoms with E-state index >= 15 is 0 Å². The van der Waals surface area contributed by atoms with E-state index in [0.717, 1.165) is 17.7 Å². The lowest BCUT2D eigenvalue weighted by Crippen LogP contribution is -2.17. The molecule has 0 aromatic heterocycles. The van der Waals surface area contributed by atoms with Crippen LogP contribution in [0.3, 0.4) is 0 Å². The number of hydrogen-bond acceptors (Lipinski definition) is 3. The van der Waals surface area contributed by atoms with Gasteiger partial charge in [0.2, 0.25) is 0 Å². The van der Waals surface area contributed by atoms with E-state index < -0.39 is 22.1 Å². The van der Waals surface area contributed by atoms with Gasteiger partial charge in [0.05, 0.1) is 4.90 Å². The van der Waals surface area contributed by atoms with Crippen molar-refractivity contribution in [1.82, 2.24) is 0 Å². The van der Waals surface area contributed by atoms with E-state index in [1.54, 1.807) is 12.1 Å². The topological polar surface area (TPSA) is 55.4 Å². The predicted molar refractivity (Wildman–Crippen MR) is 83.0 cm³/mol. The van der Waals surface area contributed by atoms with Crippen LogP contribution < -0.4 is 9.46 Å². The smallest absolute Gasteiger partial charge is 0.406 e. The molecule has 124 valence electrons. The van der Waals surface area contributed by atoms with E-state index in [1.807, 2.05) is 0 Å². The van der Waals surface area contributed by atoms with Gasteiger partial charge in [-0.3, -0.25) is 4.72 Å². The summed E-state index contributed by atoms with van der Waals surface area (Å²) in [6.07, 6.45) is -4.79. The van der Waals surface area contributed by atoms with E-state index in [9.17, 15) is 21.6 Å². The highest BCUT2D eigenvalue weighted by atomic mass is 79.9.